The van der Waals surface area contributed by atoms with Gasteiger partial charge in [0.15, 0.2) is 0 Å². The van der Waals surface area contributed by atoms with E-state index in [0.717, 1.165) is 0 Å². The molecule has 80 valence electrons. The van der Waals surface area contributed by atoms with Crippen molar-refractivity contribution in [3.05, 3.63) is 0 Å². The Labute approximate surface area is 78.5 Å². The number of rotatable bonds is 2. The van der Waals surface area contributed by atoms with E-state index in [4.69, 9.17) is 5.11 Å². The quantitative estimate of drug-likeness (QED) is 0.731. The van der Waals surface area contributed by atoms with E-state index in [1.54, 1.807) is 0 Å². The first-order valence-corrected chi connectivity index (χ1v) is 4.40. The second-order valence-electron chi connectivity index (χ2n) is 4.00. The van der Waals surface area contributed by atoms with Gasteiger partial charge >= 0.3 is 12.1 Å². The molecule has 1 saturated carbocycles. The highest BCUT2D eigenvalue weighted by atomic mass is 19.4. The van der Waals surface area contributed by atoms with Crippen molar-refractivity contribution in [2.75, 3.05) is 19.6 Å². The Hall–Kier alpha value is -0.780. The van der Waals surface area contributed by atoms with Gasteiger partial charge in [-0.15, -0.1) is 0 Å². The van der Waals surface area contributed by atoms with E-state index < -0.39 is 18.7 Å². The second-order valence-corrected chi connectivity index (χ2v) is 4.00. The largest absolute Gasteiger partial charge is 0.481 e. The number of hydrogen-bond acceptors (Lipinski definition) is 2. The van der Waals surface area contributed by atoms with Crippen LogP contribution in [0.3, 0.4) is 0 Å². The van der Waals surface area contributed by atoms with Crippen LogP contribution in [0.25, 0.3) is 0 Å². The maximum atomic E-state index is 11.9. The molecule has 2 rings (SSSR count). The topological polar surface area (TPSA) is 40.5 Å². The number of fused-ring (bicyclic) bond motifs is 1. The van der Waals surface area contributed by atoms with Crippen molar-refractivity contribution in [1.29, 1.82) is 0 Å². The number of aliphatic carboxylic acids is 1. The summed E-state index contributed by atoms with van der Waals surface area (Å²) >= 11 is 0. The van der Waals surface area contributed by atoms with Gasteiger partial charge in [-0.1, -0.05) is 0 Å². The minimum atomic E-state index is -4.17. The summed E-state index contributed by atoms with van der Waals surface area (Å²) in [6, 6.07) is 0. The third-order valence-electron chi connectivity index (χ3n) is 2.96. The van der Waals surface area contributed by atoms with Gasteiger partial charge in [-0.25, -0.2) is 0 Å². The van der Waals surface area contributed by atoms with Gasteiger partial charge in [-0.05, 0) is 11.8 Å². The van der Waals surface area contributed by atoms with Gasteiger partial charge in [-0.3, -0.25) is 9.69 Å². The van der Waals surface area contributed by atoms with Gasteiger partial charge in [0.1, 0.15) is 0 Å². The van der Waals surface area contributed by atoms with Crippen LogP contribution in [0.1, 0.15) is 0 Å². The Kier molecular flexibility index (Phi) is 1.99. The van der Waals surface area contributed by atoms with Gasteiger partial charge in [-0.2, -0.15) is 13.2 Å². The number of nitrogens with zero attached hydrogens (tertiary/aromatic N) is 1. The third-order valence-corrected chi connectivity index (χ3v) is 2.96. The number of carboxylic acid groups (broad SMARTS) is 1. The van der Waals surface area contributed by atoms with Crippen molar-refractivity contribution in [1.82, 2.24) is 4.90 Å². The number of alkyl halides is 3. The first-order chi connectivity index (χ1) is 6.38. The van der Waals surface area contributed by atoms with Gasteiger partial charge in [0.05, 0.1) is 12.5 Å². The van der Waals surface area contributed by atoms with Crippen LogP contribution in [0.2, 0.25) is 0 Å². The van der Waals surface area contributed by atoms with Gasteiger partial charge in [0.2, 0.25) is 0 Å². The molecule has 0 bridgehead atoms. The number of halogens is 3. The smallest absolute Gasteiger partial charge is 0.401 e. The highest BCUT2D eigenvalue weighted by molar-refractivity contribution is 5.74. The molecule has 1 aliphatic carbocycles. The Morgan fingerprint density at radius 1 is 1.36 bits per heavy atom. The molecular weight excluding hydrogens is 199 g/mol. The first-order valence-electron chi connectivity index (χ1n) is 4.40. The van der Waals surface area contributed by atoms with Crippen LogP contribution < -0.4 is 0 Å². The summed E-state index contributed by atoms with van der Waals surface area (Å²) in [7, 11) is 0. The summed E-state index contributed by atoms with van der Waals surface area (Å²) in [5, 5.41) is 8.64. The Balaban J connectivity index is 1.82. The van der Waals surface area contributed by atoms with Gasteiger partial charge < -0.3 is 5.11 Å². The maximum Gasteiger partial charge on any atom is 0.401 e. The van der Waals surface area contributed by atoms with Crippen LogP contribution in [0, 0.1) is 17.8 Å². The molecule has 1 N–H and O–H groups in total. The number of carboxylic acids is 1. The fraction of sp³-hybridized carbons (Fsp3) is 0.875. The lowest BCUT2D eigenvalue weighted by Gasteiger charge is -2.19. The standard InChI is InChI=1S/C8H10F3NO2/c9-8(10,11)3-12-1-4-5(2-12)6(4)7(13)14/h4-6H,1-3H2,(H,13,14)/t4-,5-/m0/s1. The maximum absolute atomic E-state index is 11.9. The SMILES string of the molecule is O=C(O)C1[C@H]2CN(CC(F)(F)F)C[C@H]12. The normalized spacial score (nSPS) is 36.9. The number of hydrogen-bond donors (Lipinski definition) is 1. The lowest BCUT2D eigenvalue weighted by molar-refractivity contribution is -0.146. The van der Waals surface area contributed by atoms with Crippen molar-refractivity contribution in [2.45, 2.75) is 6.18 Å². The summed E-state index contributed by atoms with van der Waals surface area (Å²) < 4.78 is 35.8. The van der Waals surface area contributed by atoms with Crippen molar-refractivity contribution in [2.24, 2.45) is 17.8 Å². The van der Waals surface area contributed by atoms with Crippen LogP contribution in [-0.2, 0) is 4.79 Å². The van der Waals surface area contributed by atoms with Crippen molar-refractivity contribution >= 4 is 5.97 Å². The fourth-order valence-corrected chi connectivity index (χ4v) is 2.36. The summed E-state index contributed by atoms with van der Waals surface area (Å²) in [4.78, 5) is 11.8. The molecule has 14 heavy (non-hydrogen) atoms. The molecule has 6 heteroatoms. The molecule has 0 aromatic heterocycles. The van der Waals surface area contributed by atoms with Crippen LogP contribution in [0.4, 0.5) is 13.2 Å². The molecule has 2 aliphatic rings. The summed E-state index contributed by atoms with van der Waals surface area (Å²) in [6.45, 7) is -0.353. The minimum absolute atomic E-state index is 0.0464. The predicted molar refractivity (Wildman–Crippen MR) is 40.6 cm³/mol. The van der Waals surface area contributed by atoms with E-state index in [1.165, 1.54) is 4.90 Å². The monoisotopic (exact) mass is 209 g/mol. The van der Waals surface area contributed by atoms with E-state index in [0.29, 0.717) is 0 Å². The zero-order chi connectivity index (χ0) is 10.5. The van der Waals surface area contributed by atoms with Gasteiger partial charge in [0, 0.05) is 13.1 Å². The molecule has 0 aromatic carbocycles. The highest BCUT2D eigenvalue weighted by Crippen LogP contribution is 2.52. The molecule has 0 spiro atoms. The molecule has 2 atom stereocenters. The fourth-order valence-electron chi connectivity index (χ4n) is 2.36. The Morgan fingerprint density at radius 3 is 2.21 bits per heavy atom. The minimum Gasteiger partial charge on any atom is -0.481 e. The van der Waals surface area contributed by atoms with Crippen molar-refractivity contribution in [3.63, 3.8) is 0 Å². The molecule has 0 aromatic rings. The second kappa shape index (κ2) is 2.85. The molecule has 0 unspecified atom stereocenters. The molecule has 1 aliphatic heterocycles. The number of piperidine rings is 1. The molecule has 3 nitrogen and oxygen atoms in total. The molecule has 2 fully saturated rings. The number of carbonyl (C=O) groups is 1. The summed E-state index contributed by atoms with van der Waals surface area (Å²) in [6.07, 6.45) is -4.17. The summed E-state index contributed by atoms with van der Waals surface area (Å²) in [5.41, 5.74) is 0. The molecular formula is C8H10F3NO2. The Morgan fingerprint density at radius 2 is 1.86 bits per heavy atom. The summed E-state index contributed by atoms with van der Waals surface area (Å²) in [5.74, 6) is -1.35. The van der Waals surface area contributed by atoms with E-state index in [9.17, 15) is 18.0 Å². The zero-order valence-electron chi connectivity index (χ0n) is 7.29. The van der Waals surface area contributed by atoms with Crippen LogP contribution in [0.15, 0.2) is 0 Å². The van der Waals surface area contributed by atoms with E-state index >= 15 is 0 Å². The van der Waals surface area contributed by atoms with Crippen LogP contribution in [-0.4, -0.2) is 41.8 Å². The van der Waals surface area contributed by atoms with E-state index in [-0.39, 0.29) is 30.8 Å². The predicted octanol–water partition coefficient (Wildman–Crippen LogP) is 0.811. The van der Waals surface area contributed by atoms with Crippen molar-refractivity contribution in [3.8, 4) is 0 Å². The average Bonchev–Trinajstić information content (AvgIpc) is 2.47. The molecule has 1 saturated heterocycles. The lowest BCUT2D eigenvalue weighted by atomic mass is 10.2. The number of likely N-dealkylation sites (tertiary alicyclic amines) is 1. The lowest BCUT2D eigenvalue weighted by Crippen LogP contribution is -2.35. The van der Waals surface area contributed by atoms with E-state index in [1.807, 2.05) is 0 Å². The van der Waals surface area contributed by atoms with Crippen LogP contribution >= 0.6 is 0 Å². The highest BCUT2D eigenvalue weighted by Gasteiger charge is 2.60. The molecule has 0 radical (unpaired) electrons. The van der Waals surface area contributed by atoms with Crippen molar-refractivity contribution < 1.29 is 23.1 Å². The van der Waals surface area contributed by atoms with E-state index in [2.05, 4.69) is 0 Å². The molecule has 1 heterocycles. The van der Waals surface area contributed by atoms with Crippen LogP contribution in [0.5, 0.6) is 0 Å². The first kappa shape index (κ1) is 9.76. The van der Waals surface area contributed by atoms with Gasteiger partial charge in [0.25, 0.3) is 0 Å². The average molecular weight is 209 g/mol. The molecule has 0 amide bonds. The Bertz CT molecular complexity index is 254. The third kappa shape index (κ3) is 1.70. The zero-order valence-corrected chi connectivity index (χ0v) is 7.29.